The molecule has 2 aromatic rings. The first-order valence-corrected chi connectivity index (χ1v) is 6.41. The summed E-state index contributed by atoms with van der Waals surface area (Å²) in [5.41, 5.74) is 2.09. The normalized spacial score (nSPS) is 10.4. The van der Waals surface area contributed by atoms with E-state index in [1.54, 1.807) is 18.5 Å². The fourth-order valence-electron chi connectivity index (χ4n) is 1.65. The highest BCUT2D eigenvalue weighted by molar-refractivity contribution is 9.10. The molecule has 0 spiro atoms. The number of aromatic nitrogens is 2. The standard InChI is InChI=1S/C13H13BrFN3/c1-9-6-12(15)3-2-10(9)4-5-16-13-17-7-11(14)8-18-13/h2-3,6-8H,4-5H2,1H3,(H,16,17,18). The zero-order chi connectivity index (χ0) is 13.0. The number of benzene rings is 1. The fraction of sp³-hybridized carbons (Fsp3) is 0.231. The van der Waals surface area contributed by atoms with Crippen molar-refractivity contribution in [2.45, 2.75) is 13.3 Å². The van der Waals surface area contributed by atoms with Gasteiger partial charge >= 0.3 is 0 Å². The van der Waals surface area contributed by atoms with Crippen LogP contribution in [0.2, 0.25) is 0 Å². The van der Waals surface area contributed by atoms with Gasteiger partial charge in [-0.2, -0.15) is 0 Å². The van der Waals surface area contributed by atoms with Crippen LogP contribution in [0.3, 0.4) is 0 Å². The number of rotatable bonds is 4. The van der Waals surface area contributed by atoms with E-state index in [1.807, 2.05) is 13.0 Å². The Morgan fingerprint density at radius 3 is 2.67 bits per heavy atom. The second-order valence-electron chi connectivity index (χ2n) is 3.97. The molecule has 0 aliphatic rings. The SMILES string of the molecule is Cc1cc(F)ccc1CCNc1ncc(Br)cn1. The number of halogens is 2. The van der Waals surface area contributed by atoms with Gasteiger partial charge in [0.25, 0.3) is 0 Å². The Bertz CT molecular complexity index is 528. The molecule has 1 N–H and O–H groups in total. The molecule has 1 heterocycles. The molecule has 0 fully saturated rings. The van der Waals surface area contributed by atoms with Gasteiger partial charge < -0.3 is 5.32 Å². The lowest BCUT2D eigenvalue weighted by molar-refractivity contribution is 0.625. The molecule has 5 heteroatoms. The third kappa shape index (κ3) is 3.50. The van der Waals surface area contributed by atoms with E-state index in [0.29, 0.717) is 12.5 Å². The number of anilines is 1. The summed E-state index contributed by atoms with van der Waals surface area (Å²) in [6.45, 7) is 2.63. The lowest BCUT2D eigenvalue weighted by atomic mass is 10.1. The highest BCUT2D eigenvalue weighted by Crippen LogP contribution is 2.11. The lowest BCUT2D eigenvalue weighted by Crippen LogP contribution is -2.08. The molecule has 3 nitrogen and oxygen atoms in total. The Morgan fingerprint density at radius 1 is 1.28 bits per heavy atom. The minimum absolute atomic E-state index is 0.194. The van der Waals surface area contributed by atoms with Crippen molar-refractivity contribution in [3.8, 4) is 0 Å². The highest BCUT2D eigenvalue weighted by atomic mass is 79.9. The maximum Gasteiger partial charge on any atom is 0.222 e. The van der Waals surface area contributed by atoms with Gasteiger partial charge in [0.05, 0.1) is 4.47 Å². The monoisotopic (exact) mass is 309 g/mol. The van der Waals surface area contributed by atoms with Crippen molar-refractivity contribution in [3.05, 3.63) is 52.0 Å². The van der Waals surface area contributed by atoms with Crippen molar-refractivity contribution < 1.29 is 4.39 Å². The summed E-state index contributed by atoms with van der Waals surface area (Å²) in [6.07, 6.45) is 4.20. The molecule has 18 heavy (non-hydrogen) atoms. The van der Waals surface area contributed by atoms with Gasteiger partial charge in [0, 0.05) is 18.9 Å². The number of nitrogens with one attached hydrogen (secondary N) is 1. The molecule has 0 unspecified atom stereocenters. The number of hydrogen-bond donors (Lipinski definition) is 1. The Balaban J connectivity index is 1.90. The summed E-state index contributed by atoms with van der Waals surface area (Å²) in [6, 6.07) is 4.85. The van der Waals surface area contributed by atoms with E-state index in [2.05, 4.69) is 31.2 Å². The van der Waals surface area contributed by atoms with Crippen LogP contribution >= 0.6 is 15.9 Å². The maximum absolute atomic E-state index is 12.9. The van der Waals surface area contributed by atoms with Crippen molar-refractivity contribution >= 4 is 21.9 Å². The van der Waals surface area contributed by atoms with Crippen molar-refractivity contribution in [2.24, 2.45) is 0 Å². The molecule has 0 amide bonds. The molecule has 0 saturated heterocycles. The average Bonchev–Trinajstić information content (AvgIpc) is 2.34. The Morgan fingerprint density at radius 2 is 2.00 bits per heavy atom. The minimum atomic E-state index is -0.194. The van der Waals surface area contributed by atoms with Crippen molar-refractivity contribution in [1.82, 2.24) is 9.97 Å². The molecule has 0 atom stereocenters. The van der Waals surface area contributed by atoms with Gasteiger partial charge in [0.2, 0.25) is 5.95 Å². The summed E-state index contributed by atoms with van der Waals surface area (Å²) < 4.78 is 13.8. The van der Waals surface area contributed by atoms with Crippen LogP contribution in [0.25, 0.3) is 0 Å². The first-order valence-electron chi connectivity index (χ1n) is 5.61. The van der Waals surface area contributed by atoms with Gasteiger partial charge in [-0.25, -0.2) is 14.4 Å². The number of aryl methyl sites for hydroxylation is 1. The lowest BCUT2D eigenvalue weighted by Gasteiger charge is -2.07. The molecular weight excluding hydrogens is 297 g/mol. The van der Waals surface area contributed by atoms with Crippen LogP contribution < -0.4 is 5.32 Å². The van der Waals surface area contributed by atoms with E-state index in [9.17, 15) is 4.39 Å². The summed E-state index contributed by atoms with van der Waals surface area (Å²) in [5, 5.41) is 3.13. The largest absolute Gasteiger partial charge is 0.354 e. The maximum atomic E-state index is 12.9. The summed E-state index contributed by atoms with van der Waals surface area (Å²) in [5.74, 6) is 0.401. The first kappa shape index (κ1) is 13.0. The molecule has 2 rings (SSSR count). The highest BCUT2D eigenvalue weighted by Gasteiger charge is 2.01. The Labute approximate surface area is 114 Å². The Hall–Kier alpha value is -1.49. The van der Waals surface area contributed by atoms with Crippen LogP contribution in [-0.4, -0.2) is 16.5 Å². The molecule has 1 aromatic heterocycles. The van der Waals surface area contributed by atoms with Crippen LogP contribution in [0, 0.1) is 12.7 Å². The average molecular weight is 310 g/mol. The predicted octanol–water partition coefficient (Wildman–Crippen LogP) is 3.34. The minimum Gasteiger partial charge on any atom is -0.354 e. The van der Waals surface area contributed by atoms with E-state index in [4.69, 9.17) is 0 Å². The third-order valence-electron chi connectivity index (χ3n) is 2.60. The molecule has 1 aromatic carbocycles. The summed E-state index contributed by atoms with van der Waals surface area (Å²) >= 11 is 3.28. The zero-order valence-electron chi connectivity index (χ0n) is 9.95. The van der Waals surface area contributed by atoms with Gasteiger partial charge in [-0.05, 0) is 52.5 Å². The summed E-state index contributed by atoms with van der Waals surface area (Å²) in [7, 11) is 0. The number of hydrogen-bond acceptors (Lipinski definition) is 3. The van der Waals surface area contributed by atoms with E-state index in [-0.39, 0.29) is 5.82 Å². The van der Waals surface area contributed by atoms with Crippen LogP contribution in [-0.2, 0) is 6.42 Å². The smallest absolute Gasteiger partial charge is 0.222 e. The second kappa shape index (κ2) is 5.91. The Kier molecular flexibility index (Phi) is 4.25. The molecule has 0 aliphatic carbocycles. The second-order valence-corrected chi connectivity index (χ2v) is 4.89. The molecule has 94 valence electrons. The van der Waals surface area contributed by atoms with Gasteiger partial charge in [-0.15, -0.1) is 0 Å². The molecule has 0 radical (unpaired) electrons. The van der Waals surface area contributed by atoms with E-state index in [1.165, 1.54) is 6.07 Å². The van der Waals surface area contributed by atoms with E-state index in [0.717, 1.165) is 22.0 Å². The van der Waals surface area contributed by atoms with Crippen LogP contribution in [0.4, 0.5) is 10.3 Å². The van der Waals surface area contributed by atoms with Crippen molar-refractivity contribution in [1.29, 1.82) is 0 Å². The third-order valence-corrected chi connectivity index (χ3v) is 3.01. The van der Waals surface area contributed by atoms with Gasteiger partial charge in [0.15, 0.2) is 0 Å². The van der Waals surface area contributed by atoms with Crippen molar-refractivity contribution in [2.75, 3.05) is 11.9 Å². The van der Waals surface area contributed by atoms with Crippen molar-refractivity contribution in [3.63, 3.8) is 0 Å². The van der Waals surface area contributed by atoms with E-state index >= 15 is 0 Å². The van der Waals surface area contributed by atoms with Crippen LogP contribution in [0.5, 0.6) is 0 Å². The van der Waals surface area contributed by atoms with Crippen LogP contribution in [0.1, 0.15) is 11.1 Å². The molecule has 0 saturated carbocycles. The molecule has 0 aliphatic heterocycles. The van der Waals surface area contributed by atoms with Crippen LogP contribution in [0.15, 0.2) is 35.1 Å². The van der Waals surface area contributed by atoms with Gasteiger partial charge in [-0.1, -0.05) is 6.07 Å². The number of nitrogens with zero attached hydrogens (tertiary/aromatic N) is 2. The summed E-state index contributed by atoms with van der Waals surface area (Å²) in [4.78, 5) is 8.23. The van der Waals surface area contributed by atoms with Gasteiger partial charge in [0.1, 0.15) is 5.82 Å². The van der Waals surface area contributed by atoms with E-state index < -0.39 is 0 Å². The topological polar surface area (TPSA) is 37.8 Å². The van der Waals surface area contributed by atoms with Gasteiger partial charge in [-0.3, -0.25) is 0 Å². The first-order chi connectivity index (χ1) is 8.65. The zero-order valence-corrected chi connectivity index (χ0v) is 11.5. The fourth-order valence-corrected chi connectivity index (χ4v) is 1.86. The predicted molar refractivity (Wildman–Crippen MR) is 73.1 cm³/mol. The molecular formula is C13H13BrFN3. The quantitative estimate of drug-likeness (QED) is 0.941. The molecule has 0 bridgehead atoms.